The van der Waals surface area contributed by atoms with E-state index in [2.05, 4.69) is 0 Å². The highest BCUT2D eigenvalue weighted by Crippen LogP contribution is 2.30. The number of amides is 1. The van der Waals surface area contributed by atoms with Crippen molar-refractivity contribution in [3.63, 3.8) is 0 Å². The smallest absolute Gasteiger partial charge is 0.343 e. The van der Waals surface area contributed by atoms with Gasteiger partial charge in [0.1, 0.15) is 5.56 Å². The minimum Gasteiger partial charge on any atom is -0.462 e. The van der Waals surface area contributed by atoms with E-state index in [1.807, 2.05) is 25.1 Å². The molecule has 1 amide bonds. The Bertz CT molecular complexity index is 869. The second-order valence-electron chi connectivity index (χ2n) is 5.75. The molecule has 1 aromatic heterocycles. The van der Waals surface area contributed by atoms with Gasteiger partial charge in [0.15, 0.2) is 0 Å². The number of rotatable bonds is 4. The summed E-state index contributed by atoms with van der Waals surface area (Å²) in [7, 11) is 0. The number of pyridine rings is 1. The molecule has 1 aliphatic heterocycles. The molecule has 0 atom stereocenters. The lowest BCUT2D eigenvalue weighted by molar-refractivity contribution is -0.118. The molecule has 0 spiro atoms. The number of hydrogen-bond donors (Lipinski definition) is 0. The fourth-order valence-corrected chi connectivity index (χ4v) is 3.14. The summed E-state index contributed by atoms with van der Waals surface area (Å²) in [6.07, 6.45) is 1.25. The van der Waals surface area contributed by atoms with E-state index in [0.717, 1.165) is 17.5 Å². The molecule has 0 saturated carbocycles. The lowest BCUT2D eigenvalue weighted by Gasteiger charge is -2.30. The molecule has 6 nitrogen and oxygen atoms in total. The number of nitrogens with zero attached hydrogens (tertiary/aromatic N) is 2. The van der Waals surface area contributed by atoms with Crippen LogP contribution < -0.4 is 10.5 Å². The summed E-state index contributed by atoms with van der Waals surface area (Å²) in [6.45, 7) is 4.68. The number of aromatic nitrogens is 1. The van der Waals surface area contributed by atoms with Gasteiger partial charge in [-0.1, -0.05) is 19.1 Å². The minimum atomic E-state index is -0.608. The third kappa shape index (κ3) is 2.58. The van der Waals surface area contributed by atoms with Crippen LogP contribution >= 0.6 is 0 Å². The van der Waals surface area contributed by atoms with Crippen molar-refractivity contribution in [2.75, 3.05) is 18.1 Å². The molecule has 0 N–H and O–H groups in total. The van der Waals surface area contributed by atoms with E-state index < -0.39 is 5.97 Å². The molecule has 0 fully saturated rings. The highest BCUT2D eigenvalue weighted by atomic mass is 16.5. The van der Waals surface area contributed by atoms with Crippen molar-refractivity contribution in [2.45, 2.75) is 33.2 Å². The highest BCUT2D eigenvalue weighted by molar-refractivity contribution is 6.04. The molecule has 3 rings (SSSR count). The van der Waals surface area contributed by atoms with Crippen LogP contribution in [-0.4, -0.2) is 29.6 Å². The summed E-state index contributed by atoms with van der Waals surface area (Å²) in [5.41, 5.74) is 1.10. The maximum atomic E-state index is 12.7. The van der Waals surface area contributed by atoms with Crippen molar-refractivity contribution in [3.05, 3.63) is 40.2 Å². The number of ether oxygens (including phenoxy) is 1. The third-order valence-corrected chi connectivity index (χ3v) is 4.19. The van der Waals surface area contributed by atoms with Gasteiger partial charge in [-0.15, -0.1) is 0 Å². The van der Waals surface area contributed by atoms with Gasteiger partial charge < -0.3 is 14.2 Å². The SMILES string of the molecule is CCCC(=O)N1CCn2c(=O)c(C(=O)OCC)cc3cccc1c32. The molecule has 1 aromatic carbocycles. The predicted molar refractivity (Wildman–Crippen MR) is 91.4 cm³/mol. The highest BCUT2D eigenvalue weighted by Gasteiger charge is 2.26. The molecule has 24 heavy (non-hydrogen) atoms. The van der Waals surface area contributed by atoms with Crippen LogP contribution in [0.2, 0.25) is 0 Å². The number of para-hydroxylation sites is 1. The summed E-state index contributed by atoms with van der Waals surface area (Å²) >= 11 is 0. The van der Waals surface area contributed by atoms with Crippen LogP contribution in [0.1, 0.15) is 37.0 Å². The molecule has 126 valence electrons. The second-order valence-corrected chi connectivity index (χ2v) is 5.75. The average Bonchev–Trinajstić information content (AvgIpc) is 2.58. The van der Waals surface area contributed by atoms with Crippen LogP contribution in [0.5, 0.6) is 0 Å². The Balaban J connectivity index is 2.19. The average molecular weight is 328 g/mol. The maximum Gasteiger partial charge on any atom is 0.343 e. The normalized spacial score (nSPS) is 13.2. The van der Waals surface area contributed by atoms with Crippen LogP contribution in [0.15, 0.2) is 29.1 Å². The molecular weight excluding hydrogens is 308 g/mol. The first-order valence-electron chi connectivity index (χ1n) is 8.22. The first-order chi connectivity index (χ1) is 11.6. The first-order valence-corrected chi connectivity index (χ1v) is 8.22. The van der Waals surface area contributed by atoms with Crippen LogP contribution in [0.25, 0.3) is 10.9 Å². The van der Waals surface area contributed by atoms with Gasteiger partial charge in [0.05, 0.1) is 17.8 Å². The van der Waals surface area contributed by atoms with E-state index in [4.69, 9.17) is 4.74 Å². The molecule has 0 unspecified atom stereocenters. The molecule has 0 saturated heterocycles. The van der Waals surface area contributed by atoms with Crippen molar-refractivity contribution >= 4 is 28.5 Å². The Morgan fingerprint density at radius 1 is 1.21 bits per heavy atom. The summed E-state index contributed by atoms with van der Waals surface area (Å²) in [5, 5.41) is 0.754. The second kappa shape index (κ2) is 6.47. The lowest BCUT2D eigenvalue weighted by atomic mass is 10.1. The third-order valence-electron chi connectivity index (χ3n) is 4.19. The van der Waals surface area contributed by atoms with E-state index in [-0.39, 0.29) is 23.6 Å². The minimum absolute atomic E-state index is 0.0369. The Morgan fingerprint density at radius 3 is 2.71 bits per heavy atom. The zero-order valence-electron chi connectivity index (χ0n) is 13.9. The van der Waals surface area contributed by atoms with E-state index in [0.29, 0.717) is 25.0 Å². The predicted octanol–water partition coefficient (Wildman–Crippen LogP) is 2.32. The van der Waals surface area contributed by atoms with Crippen LogP contribution in [0.4, 0.5) is 5.69 Å². The summed E-state index contributed by atoms with van der Waals surface area (Å²) in [6, 6.07) is 7.07. The zero-order valence-corrected chi connectivity index (χ0v) is 13.9. The lowest BCUT2D eigenvalue weighted by Crippen LogP contribution is -2.41. The largest absolute Gasteiger partial charge is 0.462 e. The molecule has 2 heterocycles. The van der Waals surface area contributed by atoms with Gasteiger partial charge in [0, 0.05) is 24.9 Å². The molecule has 0 bridgehead atoms. The maximum absolute atomic E-state index is 12.7. The number of benzene rings is 1. The quantitative estimate of drug-likeness (QED) is 0.808. The van der Waals surface area contributed by atoms with Crippen molar-refractivity contribution in [3.8, 4) is 0 Å². The van der Waals surface area contributed by atoms with Crippen molar-refractivity contribution < 1.29 is 14.3 Å². The van der Waals surface area contributed by atoms with Gasteiger partial charge in [-0.05, 0) is 25.5 Å². The first kappa shape index (κ1) is 16.2. The van der Waals surface area contributed by atoms with Gasteiger partial charge >= 0.3 is 5.97 Å². The number of carbonyl (C=O) groups is 2. The summed E-state index contributed by atoms with van der Waals surface area (Å²) in [5.74, 6) is -0.554. The van der Waals surface area contributed by atoms with Crippen LogP contribution in [0, 0.1) is 0 Å². The van der Waals surface area contributed by atoms with E-state index >= 15 is 0 Å². The number of esters is 1. The molecule has 1 aliphatic rings. The molecule has 0 radical (unpaired) electrons. The Hall–Kier alpha value is -2.63. The van der Waals surface area contributed by atoms with E-state index in [1.54, 1.807) is 22.5 Å². The van der Waals surface area contributed by atoms with Gasteiger partial charge in [-0.25, -0.2) is 4.79 Å². The number of carbonyl (C=O) groups excluding carboxylic acids is 2. The topological polar surface area (TPSA) is 68.6 Å². The Kier molecular flexibility index (Phi) is 4.38. The van der Waals surface area contributed by atoms with Gasteiger partial charge in [0.2, 0.25) is 5.91 Å². The van der Waals surface area contributed by atoms with Gasteiger partial charge in [-0.2, -0.15) is 0 Å². The number of anilines is 1. The van der Waals surface area contributed by atoms with E-state index in [9.17, 15) is 14.4 Å². The van der Waals surface area contributed by atoms with Crippen LogP contribution in [-0.2, 0) is 16.1 Å². The number of hydrogen-bond acceptors (Lipinski definition) is 4. The van der Waals surface area contributed by atoms with Crippen LogP contribution in [0.3, 0.4) is 0 Å². The van der Waals surface area contributed by atoms with Crippen molar-refractivity contribution in [2.24, 2.45) is 0 Å². The molecule has 2 aromatic rings. The van der Waals surface area contributed by atoms with Crippen molar-refractivity contribution in [1.29, 1.82) is 0 Å². The molecule has 0 aliphatic carbocycles. The van der Waals surface area contributed by atoms with Crippen molar-refractivity contribution in [1.82, 2.24) is 4.57 Å². The molecular formula is C18H20N2O4. The monoisotopic (exact) mass is 328 g/mol. The summed E-state index contributed by atoms with van der Waals surface area (Å²) < 4.78 is 6.56. The summed E-state index contributed by atoms with van der Waals surface area (Å²) in [4.78, 5) is 38.8. The Labute approximate surface area is 139 Å². The Morgan fingerprint density at radius 2 is 2.00 bits per heavy atom. The standard InChI is InChI=1S/C18H20N2O4/c1-3-6-15(21)19-9-10-20-16-12(7-5-8-14(16)19)11-13(17(20)22)18(23)24-4-2/h5,7-8,11H,3-4,6,9-10H2,1-2H3. The zero-order chi connectivity index (χ0) is 17.3. The molecule has 6 heteroatoms. The van der Waals surface area contributed by atoms with Gasteiger partial charge in [-0.3, -0.25) is 9.59 Å². The fraction of sp³-hybridized carbons (Fsp3) is 0.389. The fourth-order valence-electron chi connectivity index (χ4n) is 3.14. The van der Waals surface area contributed by atoms with Gasteiger partial charge in [0.25, 0.3) is 5.56 Å². The van der Waals surface area contributed by atoms with E-state index in [1.165, 1.54) is 0 Å².